The predicted molar refractivity (Wildman–Crippen MR) is 75.1 cm³/mol. The van der Waals surface area contributed by atoms with E-state index in [4.69, 9.17) is 0 Å². The second kappa shape index (κ2) is 6.04. The number of fused-ring (bicyclic) bond motifs is 1. The normalized spacial score (nSPS) is 35.1. The first-order chi connectivity index (χ1) is 8.22. The maximum absolute atomic E-state index is 4.19. The standard InChI is InChI=1S/C16H29N/c1-4-17-16(12(2)3)15-10-9-13-7-5-6-8-14(13)11-15/h13-17H,2,4-11H2,1,3H3. The van der Waals surface area contributed by atoms with E-state index < -0.39 is 0 Å². The quantitative estimate of drug-likeness (QED) is 0.722. The van der Waals surface area contributed by atoms with Crippen molar-refractivity contribution in [2.24, 2.45) is 17.8 Å². The summed E-state index contributed by atoms with van der Waals surface area (Å²) >= 11 is 0. The third kappa shape index (κ3) is 3.13. The molecule has 0 aromatic heterocycles. The fourth-order valence-electron chi connectivity index (χ4n) is 4.18. The van der Waals surface area contributed by atoms with E-state index in [9.17, 15) is 0 Å². The molecule has 4 unspecified atom stereocenters. The molecular weight excluding hydrogens is 206 g/mol. The van der Waals surface area contributed by atoms with Crippen LogP contribution in [0, 0.1) is 17.8 Å². The SMILES string of the molecule is C=C(C)C(NCC)C1CCC2CCCCC2C1. The highest BCUT2D eigenvalue weighted by Gasteiger charge is 2.35. The van der Waals surface area contributed by atoms with Crippen molar-refractivity contribution < 1.29 is 0 Å². The van der Waals surface area contributed by atoms with Gasteiger partial charge in [-0.3, -0.25) is 0 Å². The van der Waals surface area contributed by atoms with Crippen molar-refractivity contribution in [3.8, 4) is 0 Å². The van der Waals surface area contributed by atoms with Gasteiger partial charge in [-0.2, -0.15) is 0 Å². The zero-order valence-electron chi connectivity index (χ0n) is 11.7. The van der Waals surface area contributed by atoms with Crippen molar-refractivity contribution in [1.29, 1.82) is 0 Å². The van der Waals surface area contributed by atoms with Crippen LogP contribution in [0.5, 0.6) is 0 Å². The molecule has 0 spiro atoms. The Bertz CT molecular complexity index is 258. The Morgan fingerprint density at radius 2 is 1.88 bits per heavy atom. The smallest absolute Gasteiger partial charge is 0.0302 e. The van der Waals surface area contributed by atoms with Gasteiger partial charge < -0.3 is 5.32 Å². The summed E-state index contributed by atoms with van der Waals surface area (Å²) in [4.78, 5) is 0. The van der Waals surface area contributed by atoms with Crippen molar-refractivity contribution in [3.63, 3.8) is 0 Å². The molecular formula is C16H29N. The lowest BCUT2D eigenvalue weighted by Crippen LogP contribution is -2.41. The largest absolute Gasteiger partial charge is 0.310 e. The van der Waals surface area contributed by atoms with E-state index in [1.54, 1.807) is 0 Å². The fourth-order valence-corrected chi connectivity index (χ4v) is 4.18. The second-order valence-electron chi connectivity index (χ2n) is 6.26. The highest BCUT2D eigenvalue weighted by atomic mass is 14.9. The summed E-state index contributed by atoms with van der Waals surface area (Å²) in [5, 5.41) is 3.65. The molecule has 98 valence electrons. The van der Waals surface area contributed by atoms with Gasteiger partial charge in [0, 0.05) is 6.04 Å². The monoisotopic (exact) mass is 235 g/mol. The van der Waals surface area contributed by atoms with Crippen LogP contribution in [0.2, 0.25) is 0 Å². The molecule has 0 bridgehead atoms. The molecule has 0 radical (unpaired) electrons. The molecule has 2 saturated carbocycles. The molecule has 0 aromatic carbocycles. The summed E-state index contributed by atoms with van der Waals surface area (Å²) in [5.41, 5.74) is 1.34. The Morgan fingerprint density at radius 1 is 1.18 bits per heavy atom. The molecule has 2 rings (SSSR count). The predicted octanol–water partition coefficient (Wildman–Crippen LogP) is 4.15. The molecule has 0 heterocycles. The van der Waals surface area contributed by atoms with Crippen LogP contribution >= 0.6 is 0 Å². The van der Waals surface area contributed by atoms with E-state index in [1.807, 2.05) is 0 Å². The van der Waals surface area contributed by atoms with E-state index in [0.717, 1.165) is 24.3 Å². The number of nitrogens with one attached hydrogen (secondary N) is 1. The van der Waals surface area contributed by atoms with Gasteiger partial charge in [-0.1, -0.05) is 44.8 Å². The van der Waals surface area contributed by atoms with Gasteiger partial charge >= 0.3 is 0 Å². The summed E-state index contributed by atoms with van der Waals surface area (Å²) in [6, 6.07) is 0.572. The number of rotatable bonds is 4. The lowest BCUT2D eigenvalue weighted by molar-refractivity contribution is 0.116. The highest BCUT2D eigenvalue weighted by molar-refractivity contribution is 5.06. The molecule has 2 fully saturated rings. The summed E-state index contributed by atoms with van der Waals surface area (Å²) < 4.78 is 0. The molecule has 17 heavy (non-hydrogen) atoms. The summed E-state index contributed by atoms with van der Waals surface area (Å²) in [7, 11) is 0. The zero-order chi connectivity index (χ0) is 12.3. The van der Waals surface area contributed by atoms with Gasteiger partial charge in [0.1, 0.15) is 0 Å². The van der Waals surface area contributed by atoms with Crippen molar-refractivity contribution in [2.45, 2.75) is 64.8 Å². The molecule has 0 amide bonds. The third-order valence-corrected chi connectivity index (χ3v) is 5.01. The third-order valence-electron chi connectivity index (χ3n) is 5.01. The first-order valence-electron chi connectivity index (χ1n) is 7.61. The highest BCUT2D eigenvalue weighted by Crippen LogP contribution is 2.44. The second-order valence-corrected chi connectivity index (χ2v) is 6.26. The molecule has 1 nitrogen and oxygen atoms in total. The van der Waals surface area contributed by atoms with Crippen LogP contribution in [0.4, 0.5) is 0 Å². The van der Waals surface area contributed by atoms with Crippen molar-refractivity contribution >= 4 is 0 Å². The van der Waals surface area contributed by atoms with Crippen LogP contribution in [0.15, 0.2) is 12.2 Å². The average molecular weight is 235 g/mol. The lowest BCUT2D eigenvalue weighted by Gasteiger charge is -2.42. The minimum absolute atomic E-state index is 0.572. The van der Waals surface area contributed by atoms with Crippen molar-refractivity contribution in [3.05, 3.63) is 12.2 Å². The molecule has 2 aliphatic rings. The van der Waals surface area contributed by atoms with Crippen molar-refractivity contribution in [2.75, 3.05) is 6.54 Å². The Morgan fingerprint density at radius 3 is 2.53 bits per heavy atom. The number of hydrogen-bond donors (Lipinski definition) is 1. The van der Waals surface area contributed by atoms with E-state index >= 15 is 0 Å². The molecule has 0 aromatic rings. The van der Waals surface area contributed by atoms with Crippen LogP contribution in [0.3, 0.4) is 0 Å². The maximum Gasteiger partial charge on any atom is 0.0302 e. The minimum atomic E-state index is 0.572. The summed E-state index contributed by atoms with van der Waals surface area (Å²) in [6.45, 7) is 9.67. The first-order valence-corrected chi connectivity index (χ1v) is 7.61. The van der Waals surface area contributed by atoms with Gasteiger partial charge in [0.25, 0.3) is 0 Å². The van der Waals surface area contributed by atoms with Gasteiger partial charge in [-0.25, -0.2) is 0 Å². The van der Waals surface area contributed by atoms with Crippen LogP contribution < -0.4 is 5.32 Å². The first kappa shape index (κ1) is 13.1. The minimum Gasteiger partial charge on any atom is -0.310 e. The molecule has 1 N–H and O–H groups in total. The van der Waals surface area contributed by atoms with Gasteiger partial charge in [0.2, 0.25) is 0 Å². The average Bonchev–Trinajstić information content (AvgIpc) is 2.35. The van der Waals surface area contributed by atoms with E-state index in [0.29, 0.717) is 6.04 Å². The number of hydrogen-bond acceptors (Lipinski definition) is 1. The topological polar surface area (TPSA) is 12.0 Å². The van der Waals surface area contributed by atoms with Crippen LogP contribution in [0.25, 0.3) is 0 Å². The van der Waals surface area contributed by atoms with Crippen LogP contribution in [-0.2, 0) is 0 Å². The Kier molecular flexibility index (Phi) is 4.67. The molecule has 4 atom stereocenters. The zero-order valence-corrected chi connectivity index (χ0v) is 11.7. The summed E-state index contributed by atoms with van der Waals surface area (Å²) in [5.74, 6) is 2.95. The molecule has 0 saturated heterocycles. The maximum atomic E-state index is 4.19. The van der Waals surface area contributed by atoms with Gasteiger partial charge in [0.15, 0.2) is 0 Å². The summed E-state index contributed by atoms with van der Waals surface area (Å²) in [6.07, 6.45) is 10.3. The van der Waals surface area contributed by atoms with E-state index in [1.165, 1.54) is 50.5 Å². The number of likely N-dealkylation sites (N-methyl/N-ethyl adjacent to an activating group) is 1. The van der Waals surface area contributed by atoms with Crippen LogP contribution in [0.1, 0.15) is 58.8 Å². The van der Waals surface area contributed by atoms with Crippen molar-refractivity contribution in [1.82, 2.24) is 5.32 Å². The van der Waals surface area contributed by atoms with Gasteiger partial charge in [-0.15, -0.1) is 0 Å². The lowest BCUT2D eigenvalue weighted by atomic mass is 9.65. The molecule has 1 heteroatoms. The Balaban J connectivity index is 1.95. The van der Waals surface area contributed by atoms with E-state index in [-0.39, 0.29) is 0 Å². The molecule has 2 aliphatic carbocycles. The molecule has 0 aliphatic heterocycles. The van der Waals surface area contributed by atoms with E-state index in [2.05, 4.69) is 25.7 Å². The van der Waals surface area contributed by atoms with Gasteiger partial charge in [-0.05, 0) is 50.5 Å². The van der Waals surface area contributed by atoms with Crippen LogP contribution in [-0.4, -0.2) is 12.6 Å². The Hall–Kier alpha value is -0.300. The fraction of sp³-hybridized carbons (Fsp3) is 0.875. The van der Waals surface area contributed by atoms with Gasteiger partial charge in [0.05, 0.1) is 0 Å². The Labute approximate surface area is 107 Å².